The Balaban J connectivity index is 2.01. The lowest BCUT2D eigenvalue weighted by Crippen LogP contribution is -2.27. The third kappa shape index (κ3) is 32.3. The van der Waals surface area contributed by atoms with Crippen molar-refractivity contribution < 1.29 is 28.8 Å². The van der Waals surface area contributed by atoms with Gasteiger partial charge in [-0.15, -0.1) is 0 Å². The molecular formula is C44H80O6. The molecule has 292 valence electrons. The molecule has 0 amide bonds. The van der Waals surface area contributed by atoms with E-state index in [1.54, 1.807) is 0 Å². The van der Waals surface area contributed by atoms with Crippen molar-refractivity contribution in [2.75, 3.05) is 19.8 Å². The zero-order chi connectivity index (χ0) is 36.0. The van der Waals surface area contributed by atoms with Crippen molar-refractivity contribution in [3.63, 3.8) is 0 Å². The first-order valence-electron chi connectivity index (χ1n) is 21.3. The molecule has 0 radical (unpaired) electrons. The van der Waals surface area contributed by atoms with E-state index in [9.17, 15) is 4.79 Å². The highest BCUT2D eigenvalue weighted by molar-refractivity contribution is 5.57. The molecule has 1 saturated heterocycles. The Morgan fingerprint density at radius 3 is 1.82 bits per heavy atom. The lowest BCUT2D eigenvalue weighted by molar-refractivity contribution is -0.188. The molecule has 0 aromatic carbocycles. The summed E-state index contributed by atoms with van der Waals surface area (Å²) in [6.07, 6.45) is 46.8. The van der Waals surface area contributed by atoms with Crippen LogP contribution in [-0.2, 0) is 18.9 Å². The molecule has 6 nitrogen and oxygen atoms in total. The summed E-state index contributed by atoms with van der Waals surface area (Å²) in [5.41, 5.74) is 0. The number of ether oxygens (including phenoxy) is 4. The van der Waals surface area contributed by atoms with Gasteiger partial charge in [-0.3, -0.25) is 0 Å². The molecule has 50 heavy (non-hydrogen) atoms. The Hall–Kier alpha value is -1.63. The quantitative estimate of drug-likeness (QED) is 0.0397. The van der Waals surface area contributed by atoms with E-state index in [0.717, 1.165) is 70.8 Å². The first kappa shape index (κ1) is 46.4. The van der Waals surface area contributed by atoms with Gasteiger partial charge >= 0.3 is 6.16 Å². The average Bonchev–Trinajstić information content (AvgIpc) is 3.11. The lowest BCUT2D eigenvalue weighted by Gasteiger charge is -2.27. The number of hydrogen-bond acceptors (Lipinski definition) is 5. The van der Waals surface area contributed by atoms with Gasteiger partial charge in [-0.2, -0.15) is 0 Å². The fourth-order valence-corrected chi connectivity index (χ4v) is 6.51. The Kier molecular flexibility index (Phi) is 34.5. The maximum Gasteiger partial charge on any atom is 0.506 e. The van der Waals surface area contributed by atoms with Crippen molar-refractivity contribution in [3.8, 4) is 0 Å². The second-order valence-corrected chi connectivity index (χ2v) is 14.5. The van der Waals surface area contributed by atoms with Crippen molar-refractivity contribution in [3.05, 3.63) is 36.5 Å². The molecule has 0 aromatic rings. The van der Waals surface area contributed by atoms with Crippen molar-refractivity contribution in [2.45, 2.75) is 219 Å². The van der Waals surface area contributed by atoms with Gasteiger partial charge < -0.3 is 24.1 Å². The molecule has 0 aromatic heterocycles. The average molecular weight is 705 g/mol. The number of carbonyl (C=O) groups is 1. The molecule has 0 spiro atoms. The van der Waals surface area contributed by atoms with E-state index in [2.05, 4.69) is 50.3 Å². The largest absolute Gasteiger partial charge is 0.506 e. The molecular weight excluding hydrogens is 624 g/mol. The Bertz CT molecular complexity index is 802. The fraction of sp³-hybridized carbons (Fsp3) is 0.841. The van der Waals surface area contributed by atoms with Gasteiger partial charge in [-0.1, -0.05) is 140 Å². The minimum absolute atomic E-state index is 0.00224. The van der Waals surface area contributed by atoms with E-state index >= 15 is 0 Å². The van der Waals surface area contributed by atoms with Crippen molar-refractivity contribution in [1.29, 1.82) is 0 Å². The molecule has 1 aliphatic rings. The first-order valence-corrected chi connectivity index (χ1v) is 21.3. The molecule has 1 aliphatic heterocycles. The van der Waals surface area contributed by atoms with Crippen LogP contribution in [0.15, 0.2) is 36.5 Å². The molecule has 3 atom stereocenters. The van der Waals surface area contributed by atoms with Crippen LogP contribution >= 0.6 is 0 Å². The van der Waals surface area contributed by atoms with Crippen LogP contribution in [0.3, 0.4) is 0 Å². The van der Waals surface area contributed by atoms with Crippen LogP contribution in [-0.4, -0.2) is 49.6 Å². The van der Waals surface area contributed by atoms with Gasteiger partial charge in [0.2, 0.25) is 0 Å². The molecule has 1 heterocycles. The molecule has 0 bridgehead atoms. The number of allylic oxidation sites excluding steroid dienone is 5. The predicted molar refractivity (Wildman–Crippen MR) is 211 cm³/mol. The molecule has 0 aliphatic carbocycles. The van der Waals surface area contributed by atoms with E-state index in [4.69, 9.17) is 24.1 Å². The Morgan fingerprint density at radius 2 is 1.20 bits per heavy atom. The number of carboxylic acid groups (broad SMARTS) is 1. The number of rotatable bonds is 36. The van der Waals surface area contributed by atoms with Crippen LogP contribution < -0.4 is 0 Å². The summed E-state index contributed by atoms with van der Waals surface area (Å²) in [6.45, 7) is 6.41. The molecule has 1 fully saturated rings. The van der Waals surface area contributed by atoms with Crippen molar-refractivity contribution >= 4 is 6.16 Å². The van der Waals surface area contributed by atoms with E-state index < -0.39 is 6.16 Å². The summed E-state index contributed by atoms with van der Waals surface area (Å²) in [4.78, 5) is 11.2. The zero-order valence-electron chi connectivity index (χ0n) is 32.8. The molecule has 0 saturated carbocycles. The number of hydrogen-bond donors (Lipinski definition) is 1. The zero-order valence-corrected chi connectivity index (χ0v) is 32.8. The molecule has 1 N–H and O–H groups in total. The van der Waals surface area contributed by atoms with Crippen LogP contribution in [0, 0.1) is 0 Å². The maximum absolute atomic E-state index is 11.2. The monoisotopic (exact) mass is 705 g/mol. The van der Waals surface area contributed by atoms with Gasteiger partial charge in [0.25, 0.3) is 0 Å². The topological polar surface area (TPSA) is 74.2 Å². The van der Waals surface area contributed by atoms with Gasteiger partial charge in [-0.05, 0) is 96.3 Å². The summed E-state index contributed by atoms with van der Waals surface area (Å²) in [5.74, 6) is 0. The van der Waals surface area contributed by atoms with Crippen molar-refractivity contribution in [1.82, 2.24) is 0 Å². The van der Waals surface area contributed by atoms with E-state index in [0.29, 0.717) is 13.2 Å². The summed E-state index contributed by atoms with van der Waals surface area (Å²) in [6, 6.07) is 0. The second-order valence-electron chi connectivity index (χ2n) is 14.5. The lowest BCUT2D eigenvalue weighted by atomic mass is 10.0. The highest BCUT2D eigenvalue weighted by Gasteiger charge is 2.19. The van der Waals surface area contributed by atoms with E-state index in [1.165, 1.54) is 122 Å². The Labute approximate surface area is 309 Å². The van der Waals surface area contributed by atoms with Crippen LogP contribution in [0.2, 0.25) is 0 Å². The van der Waals surface area contributed by atoms with Gasteiger partial charge in [0.1, 0.15) is 6.10 Å². The third-order valence-electron chi connectivity index (χ3n) is 9.63. The summed E-state index contributed by atoms with van der Waals surface area (Å²) >= 11 is 0. The smallest absolute Gasteiger partial charge is 0.450 e. The highest BCUT2D eigenvalue weighted by atomic mass is 16.7. The third-order valence-corrected chi connectivity index (χ3v) is 9.63. The van der Waals surface area contributed by atoms with Gasteiger partial charge in [0.05, 0.1) is 12.7 Å². The van der Waals surface area contributed by atoms with Crippen LogP contribution in [0.4, 0.5) is 4.79 Å². The molecule has 6 heteroatoms. The fourth-order valence-electron chi connectivity index (χ4n) is 6.51. The van der Waals surface area contributed by atoms with Gasteiger partial charge in [0, 0.05) is 13.2 Å². The summed E-state index contributed by atoms with van der Waals surface area (Å²) < 4.78 is 23.1. The molecule has 1 rings (SSSR count). The first-order chi connectivity index (χ1) is 24.7. The minimum Gasteiger partial charge on any atom is -0.450 e. The maximum atomic E-state index is 11.2. The minimum atomic E-state index is -1.20. The standard InChI is InChI=1S/C44H80O6/c1-3-5-7-9-10-11-12-13-14-15-16-17-21-24-27-32-38-47-40-42(50-44(45)46)36-30-26-23-20-18-19-22-25-29-35-41(34-28-8-6-4-2)49-43-37-31-33-39-48-43/h10-11,13-14,25,29,41-43H,3-9,12,15-24,26-28,30-40H2,1-2H3,(H,45,46)/b11-10-,14-13-,29-25-. The van der Waals surface area contributed by atoms with Crippen LogP contribution in [0.25, 0.3) is 0 Å². The van der Waals surface area contributed by atoms with E-state index in [-0.39, 0.29) is 18.5 Å². The normalized spacial score (nSPS) is 16.6. The van der Waals surface area contributed by atoms with Crippen molar-refractivity contribution in [2.24, 2.45) is 0 Å². The highest BCUT2D eigenvalue weighted by Crippen LogP contribution is 2.21. The van der Waals surface area contributed by atoms with Crippen LogP contribution in [0.1, 0.15) is 200 Å². The number of unbranched alkanes of at least 4 members (excludes halogenated alkanes) is 18. The molecule has 3 unspecified atom stereocenters. The van der Waals surface area contributed by atoms with Gasteiger partial charge in [-0.25, -0.2) is 4.79 Å². The van der Waals surface area contributed by atoms with Crippen LogP contribution in [0.5, 0.6) is 0 Å². The predicted octanol–water partition coefficient (Wildman–Crippen LogP) is 13.8. The van der Waals surface area contributed by atoms with Gasteiger partial charge in [0.15, 0.2) is 6.29 Å². The SMILES string of the molecule is CCCCC/C=C\C/C=C\CCCCCCCCOCC(CCCCCCCC/C=C\CC(CCCCCC)OC1CCCCO1)OC(=O)O. The summed E-state index contributed by atoms with van der Waals surface area (Å²) in [5, 5.41) is 9.16. The Morgan fingerprint density at radius 1 is 0.660 bits per heavy atom. The second kappa shape index (κ2) is 37.1. The van der Waals surface area contributed by atoms with E-state index in [1.807, 2.05) is 0 Å². The summed E-state index contributed by atoms with van der Waals surface area (Å²) in [7, 11) is 0.